The zero-order chi connectivity index (χ0) is 20.1. The Bertz CT molecular complexity index is 948. The molecule has 6 nitrogen and oxygen atoms in total. The van der Waals surface area contributed by atoms with Crippen molar-refractivity contribution in [2.24, 2.45) is 0 Å². The van der Waals surface area contributed by atoms with Gasteiger partial charge in [0.1, 0.15) is 5.75 Å². The number of rotatable bonds is 7. The van der Waals surface area contributed by atoms with Crippen LogP contribution in [0.15, 0.2) is 47.0 Å². The second kappa shape index (κ2) is 8.69. The molecule has 3 rings (SSSR count). The molecule has 0 bridgehead atoms. The standard InChI is InChI=1S/C22H25N3O3/c1-15-5-6-18(16(2)13-15)14-25(3)21(26)12-11-20-23-22(24-28-20)17-7-9-19(27-4)10-8-17/h5-10,13H,11-12,14H2,1-4H3. The van der Waals surface area contributed by atoms with Gasteiger partial charge in [-0.2, -0.15) is 4.98 Å². The molecule has 0 aliphatic rings. The minimum absolute atomic E-state index is 0.0455. The smallest absolute Gasteiger partial charge is 0.227 e. The molecule has 0 N–H and O–H groups in total. The molecule has 3 aromatic rings. The van der Waals surface area contributed by atoms with Crippen LogP contribution in [-0.2, 0) is 17.8 Å². The Balaban J connectivity index is 1.56. The van der Waals surface area contributed by atoms with Crippen LogP contribution in [0.25, 0.3) is 11.4 Å². The maximum Gasteiger partial charge on any atom is 0.227 e. The van der Waals surface area contributed by atoms with Gasteiger partial charge in [0.25, 0.3) is 0 Å². The quantitative estimate of drug-likeness (QED) is 0.622. The van der Waals surface area contributed by atoms with E-state index in [9.17, 15) is 4.79 Å². The molecule has 2 aromatic carbocycles. The number of carbonyl (C=O) groups is 1. The lowest BCUT2D eigenvalue weighted by atomic mass is 10.1. The number of methoxy groups -OCH3 is 1. The molecule has 0 radical (unpaired) electrons. The molecular formula is C22H25N3O3. The van der Waals surface area contributed by atoms with Crippen molar-refractivity contribution in [2.45, 2.75) is 33.2 Å². The molecule has 1 heterocycles. The van der Waals surface area contributed by atoms with Gasteiger partial charge in [-0.1, -0.05) is 28.9 Å². The first-order valence-corrected chi connectivity index (χ1v) is 9.23. The molecular weight excluding hydrogens is 354 g/mol. The molecule has 0 saturated carbocycles. The fourth-order valence-corrected chi connectivity index (χ4v) is 2.99. The summed E-state index contributed by atoms with van der Waals surface area (Å²) in [4.78, 5) is 18.6. The first-order valence-electron chi connectivity index (χ1n) is 9.23. The first kappa shape index (κ1) is 19.6. The van der Waals surface area contributed by atoms with Crippen molar-refractivity contribution in [3.8, 4) is 17.1 Å². The van der Waals surface area contributed by atoms with Crippen LogP contribution in [0.2, 0.25) is 0 Å². The van der Waals surface area contributed by atoms with E-state index in [2.05, 4.69) is 42.2 Å². The van der Waals surface area contributed by atoms with Crippen molar-refractivity contribution >= 4 is 5.91 Å². The van der Waals surface area contributed by atoms with Crippen molar-refractivity contribution in [3.05, 3.63) is 65.0 Å². The molecule has 0 fully saturated rings. The summed E-state index contributed by atoms with van der Waals surface area (Å²) in [5.74, 6) is 1.78. The third-order valence-electron chi connectivity index (χ3n) is 4.70. The fourth-order valence-electron chi connectivity index (χ4n) is 2.99. The van der Waals surface area contributed by atoms with Crippen molar-refractivity contribution in [1.29, 1.82) is 0 Å². The summed E-state index contributed by atoms with van der Waals surface area (Å²) >= 11 is 0. The third kappa shape index (κ3) is 4.76. The van der Waals surface area contributed by atoms with E-state index in [0.717, 1.165) is 16.9 Å². The molecule has 0 saturated heterocycles. The van der Waals surface area contributed by atoms with E-state index >= 15 is 0 Å². The van der Waals surface area contributed by atoms with Crippen LogP contribution in [0.4, 0.5) is 0 Å². The van der Waals surface area contributed by atoms with E-state index in [1.807, 2.05) is 31.3 Å². The Morgan fingerprint density at radius 2 is 1.89 bits per heavy atom. The Kier molecular flexibility index (Phi) is 6.09. The van der Waals surface area contributed by atoms with Crippen LogP contribution < -0.4 is 4.74 Å². The number of aromatic nitrogens is 2. The monoisotopic (exact) mass is 379 g/mol. The lowest BCUT2D eigenvalue weighted by Gasteiger charge is -2.18. The van der Waals surface area contributed by atoms with Crippen LogP contribution in [0.5, 0.6) is 5.75 Å². The van der Waals surface area contributed by atoms with Gasteiger partial charge in [-0.25, -0.2) is 0 Å². The van der Waals surface area contributed by atoms with Crippen molar-refractivity contribution in [1.82, 2.24) is 15.0 Å². The second-order valence-electron chi connectivity index (χ2n) is 6.92. The number of nitrogens with zero attached hydrogens (tertiary/aromatic N) is 3. The van der Waals surface area contributed by atoms with Crippen LogP contribution >= 0.6 is 0 Å². The van der Waals surface area contributed by atoms with Crippen molar-refractivity contribution in [3.63, 3.8) is 0 Å². The number of aryl methyl sites for hydroxylation is 3. The van der Waals surface area contributed by atoms with Gasteiger partial charge >= 0.3 is 0 Å². The molecule has 0 spiro atoms. The number of carbonyl (C=O) groups excluding carboxylic acids is 1. The largest absolute Gasteiger partial charge is 0.497 e. The van der Waals surface area contributed by atoms with Gasteiger partial charge in [0.15, 0.2) is 0 Å². The van der Waals surface area contributed by atoms with E-state index in [-0.39, 0.29) is 5.91 Å². The van der Waals surface area contributed by atoms with E-state index in [4.69, 9.17) is 9.26 Å². The summed E-state index contributed by atoms with van der Waals surface area (Å²) in [5.41, 5.74) is 4.41. The molecule has 146 valence electrons. The summed E-state index contributed by atoms with van der Waals surface area (Å²) in [5, 5.41) is 4.00. The Morgan fingerprint density at radius 3 is 2.57 bits per heavy atom. The van der Waals surface area contributed by atoms with E-state index in [1.165, 1.54) is 11.1 Å². The highest BCUT2D eigenvalue weighted by molar-refractivity contribution is 5.76. The molecule has 6 heteroatoms. The predicted octanol–water partition coefficient (Wildman–Crippen LogP) is 3.95. The molecule has 0 unspecified atom stereocenters. The zero-order valence-corrected chi connectivity index (χ0v) is 16.7. The minimum Gasteiger partial charge on any atom is -0.497 e. The summed E-state index contributed by atoms with van der Waals surface area (Å²) < 4.78 is 10.4. The number of ether oxygens (including phenoxy) is 1. The highest BCUT2D eigenvalue weighted by Gasteiger charge is 2.14. The van der Waals surface area contributed by atoms with Gasteiger partial charge in [0, 0.05) is 32.0 Å². The maximum atomic E-state index is 12.5. The van der Waals surface area contributed by atoms with Crippen LogP contribution in [0, 0.1) is 13.8 Å². The number of hydrogen-bond acceptors (Lipinski definition) is 5. The first-order chi connectivity index (χ1) is 13.5. The van der Waals surface area contributed by atoms with Gasteiger partial charge in [-0.05, 0) is 49.2 Å². The number of amides is 1. The average Bonchev–Trinajstić information content (AvgIpc) is 3.17. The van der Waals surface area contributed by atoms with Crippen LogP contribution in [0.1, 0.15) is 29.0 Å². The predicted molar refractivity (Wildman–Crippen MR) is 107 cm³/mol. The molecule has 1 amide bonds. The molecule has 28 heavy (non-hydrogen) atoms. The van der Waals surface area contributed by atoms with Crippen LogP contribution in [0.3, 0.4) is 0 Å². The van der Waals surface area contributed by atoms with Gasteiger partial charge in [0.2, 0.25) is 17.6 Å². The van der Waals surface area contributed by atoms with Gasteiger partial charge in [-0.15, -0.1) is 0 Å². The Hall–Kier alpha value is -3.15. The summed E-state index contributed by atoms with van der Waals surface area (Å²) in [6.07, 6.45) is 0.741. The van der Waals surface area contributed by atoms with Crippen molar-refractivity contribution < 1.29 is 14.1 Å². The Morgan fingerprint density at radius 1 is 1.14 bits per heavy atom. The summed E-state index contributed by atoms with van der Waals surface area (Å²) in [6, 6.07) is 13.7. The molecule has 0 aliphatic carbocycles. The van der Waals surface area contributed by atoms with Crippen molar-refractivity contribution in [2.75, 3.05) is 14.2 Å². The highest BCUT2D eigenvalue weighted by atomic mass is 16.5. The van der Waals surface area contributed by atoms with E-state index in [0.29, 0.717) is 31.1 Å². The molecule has 0 atom stereocenters. The summed E-state index contributed by atoms with van der Waals surface area (Å²) in [6.45, 7) is 4.72. The third-order valence-corrected chi connectivity index (χ3v) is 4.70. The number of benzene rings is 2. The van der Waals surface area contributed by atoms with Gasteiger partial charge < -0.3 is 14.2 Å². The lowest BCUT2D eigenvalue weighted by Crippen LogP contribution is -2.26. The normalized spacial score (nSPS) is 10.7. The molecule has 0 aliphatic heterocycles. The maximum absolute atomic E-state index is 12.5. The average molecular weight is 379 g/mol. The minimum atomic E-state index is 0.0455. The zero-order valence-electron chi connectivity index (χ0n) is 16.7. The summed E-state index contributed by atoms with van der Waals surface area (Å²) in [7, 11) is 3.44. The Labute approximate surface area is 165 Å². The molecule has 1 aromatic heterocycles. The highest BCUT2D eigenvalue weighted by Crippen LogP contribution is 2.20. The van der Waals surface area contributed by atoms with E-state index in [1.54, 1.807) is 12.0 Å². The second-order valence-corrected chi connectivity index (χ2v) is 6.92. The van der Waals surface area contributed by atoms with E-state index < -0.39 is 0 Å². The van der Waals surface area contributed by atoms with Gasteiger partial charge in [-0.3, -0.25) is 4.79 Å². The van der Waals surface area contributed by atoms with Gasteiger partial charge in [0.05, 0.1) is 7.11 Å². The number of hydrogen-bond donors (Lipinski definition) is 0. The lowest BCUT2D eigenvalue weighted by molar-refractivity contribution is -0.130. The van der Waals surface area contributed by atoms with Crippen LogP contribution in [-0.4, -0.2) is 35.1 Å². The SMILES string of the molecule is COc1ccc(-c2noc(CCC(=O)N(C)Cc3ccc(C)cc3C)n2)cc1. The fraction of sp³-hybridized carbons (Fsp3) is 0.318. The topological polar surface area (TPSA) is 68.5 Å².